The summed E-state index contributed by atoms with van der Waals surface area (Å²) < 4.78 is 15.8. The molecule has 0 aliphatic carbocycles. The van der Waals surface area contributed by atoms with Crippen LogP contribution in [-0.2, 0) is 16.1 Å². The van der Waals surface area contributed by atoms with E-state index in [0.717, 1.165) is 44.3 Å². The molecule has 0 spiro atoms. The Kier molecular flexibility index (Phi) is 7.15. The van der Waals surface area contributed by atoms with Gasteiger partial charge in [-0.2, -0.15) is 0 Å². The number of nitrogens with one attached hydrogen (secondary N) is 1. The first-order valence-corrected chi connectivity index (χ1v) is 11.3. The molecule has 0 aromatic heterocycles. The Balaban J connectivity index is 1.37. The Morgan fingerprint density at radius 3 is 2.56 bits per heavy atom. The third-order valence-corrected chi connectivity index (χ3v) is 5.91. The number of nitro benzene ring substituents is 1. The minimum absolute atomic E-state index is 0.0284. The summed E-state index contributed by atoms with van der Waals surface area (Å²) >= 11 is 0. The monoisotopic (exact) mass is 469 g/mol. The lowest BCUT2D eigenvalue weighted by atomic mass is 10.1. The molecule has 34 heavy (non-hydrogen) atoms. The quantitative estimate of drug-likeness (QED) is 0.371. The van der Waals surface area contributed by atoms with Gasteiger partial charge in [-0.25, -0.2) is 4.79 Å². The highest BCUT2D eigenvalue weighted by Gasteiger charge is 2.25. The molecule has 4 rings (SSSR count). The number of esters is 1. The van der Waals surface area contributed by atoms with Gasteiger partial charge < -0.3 is 24.4 Å². The number of hydrogen-bond donors (Lipinski definition) is 1. The first kappa shape index (κ1) is 23.3. The summed E-state index contributed by atoms with van der Waals surface area (Å²) in [6.45, 7) is 3.31. The summed E-state index contributed by atoms with van der Waals surface area (Å²) in [4.78, 5) is 38.2. The predicted octanol–water partition coefficient (Wildman–Crippen LogP) is 3.57. The van der Waals surface area contributed by atoms with Crippen LogP contribution >= 0.6 is 0 Å². The summed E-state index contributed by atoms with van der Waals surface area (Å²) in [6, 6.07) is 9.65. The topological polar surface area (TPSA) is 120 Å². The van der Waals surface area contributed by atoms with E-state index in [-0.39, 0.29) is 24.6 Å². The van der Waals surface area contributed by atoms with Crippen LogP contribution < -0.4 is 19.7 Å². The smallest absolute Gasteiger partial charge is 0.339 e. The van der Waals surface area contributed by atoms with Crippen molar-refractivity contribution in [1.82, 2.24) is 5.32 Å². The number of amides is 1. The molecule has 1 N–H and O–H groups in total. The number of rotatable bonds is 7. The summed E-state index contributed by atoms with van der Waals surface area (Å²) in [6.07, 6.45) is 3.07. The molecule has 10 heteroatoms. The van der Waals surface area contributed by atoms with Crippen LogP contribution in [-0.4, -0.2) is 42.8 Å². The Bertz CT molecular complexity index is 1080. The van der Waals surface area contributed by atoms with Gasteiger partial charge in [0.1, 0.15) is 5.69 Å². The highest BCUT2D eigenvalue weighted by molar-refractivity contribution is 5.93. The number of anilines is 1. The van der Waals surface area contributed by atoms with Crippen molar-refractivity contribution in [3.05, 3.63) is 57.6 Å². The van der Waals surface area contributed by atoms with Crippen molar-refractivity contribution >= 4 is 23.3 Å². The molecule has 180 valence electrons. The standard InChI is InChI=1S/C24H27N3O7/c1-16(23(28)25-14-17-6-9-21-22(12-17)33-15-32-21)34-24(29)18-7-8-19(20(13-18)27(30)31)26-10-4-2-3-5-11-26/h6-9,12-13,16H,2-5,10-11,14-15H2,1H3,(H,25,28). The van der Waals surface area contributed by atoms with Crippen LogP contribution in [0.2, 0.25) is 0 Å². The molecule has 0 saturated carbocycles. The zero-order valence-electron chi connectivity index (χ0n) is 19.0. The Hall–Kier alpha value is -3.82. The molecule has 1 amide bonds. The van der Waals surface area contributed by atoms with Gasteiger partial charge in [-0.1, -0.05) is 18.9 Å². The summed E-state index contributed by atoms with van der Waals surface area (Å²) in [5.74, 6) is -0.0253. The van der Waals surface area contributed by atoms with E-state index in [9.17, 15) is 19.7 Å². The molecule has 1 atom stereocenters. The van der Waals surface area contributed by atoms with Crippen molar-refractivity contribution in [3.63, 3.8) is 0 Å². The van der Waals surface area contributed by atoms with E-state index in [2.05, 4.69) is 5.32 Å². The van der Waals surface area contributed by atoms with Crippen LogP contribution in [0.1, 0.15) is 48.5 Å². The van der Waals surface area contributed by atoms with Crippen LogP contribution in [0, 0.1) is 10.1 Å². The molecular weight excluding hydrogens is 442 g/mol. The van der Waals surface area contributed by atoms with Crippen LogP contribution in [0.5, 0.6) is 11.5 Å². The van der Waals surface area contributed by atoms with E-state index in [1.165, 1.54) is 19.1 Å². The van der Waals surface area contributed by atoms with E-state index in [1.807, 2.05) is 4.90 Å². The molecule has 2 aromatic carbocycles. The zero-order valence-corrected chi connectivity index (χ0v) is 19.0. The molecule has 0 radical (unpaired) electrons. The third-order valence-electron chi connectivity index (χ3n) is 5.91. The fourth-order valence-electron chi connectivity index (χ4n) is 4.04. The van der Waals surface area contributed by atoms with Crippen molar-refractivity contribution in [2.75, 3.05) is 24.8 Å². The van der Waals surface area contributed by atoms with Gasteiger partial charge in [0.05, 0.1) is 10.5 Å². The molecule has 2 aromatic rings. The highest BCUT2D eigenvalue weighted by atomic mass is 16.7. The van der Waals surface area contributed by atoms with Gasteiger partial charge in [0.2, 0.25) is 6.79 Å². The minimum Gasteiger partial charge on any atom is -0.454 e. The van der Waals surface area contributed by atoms with Gasteiger partial charge in [-0.15, -0.1) is 0 Å². The second-order valence-electron chi connectivity index (χ2n) is 8.31. The third kappa shape index (κ3) is 5.38. The Labute approximate surface area is 196 Å². The number of fused-ring (bicyclic) bond motifs is 1. The average Bonchev–Trinajstić information content (AvgIpc) is 3.13. The SMILES string of the molecule is CC(OC(=O)c1ccc(N2CCCCCC2)c([N+](=O)[O-])c1)C(=O)NCc1ccc2c(c1)OCO2. The maximum Gasteiger partial charge on any atom is 0.339 e. The van der Waals surface area contributed by atoms with Gasteiger partial charge in [0, 0.05) is 25.7 Å². The fraction of sp³-hybridized carbons (Fsp3) is 0.417. The van der Waals surface area contributed by atoms with E-state index >= 15 is 0 Å². The summed E-state index contributed by atoms with van der Waals surface area (Å²) in [5, 5.41) is 14.4. The number of nitrogens with zero attached hydrogens (tertiary/aromatic N) is 2. The molecule has 10 nitrogen and oxygen atoms in total. The second-order valence-corrected chi connectivity index (χ2v) is 8.31. The van der Waals surface area contributed by atoms with Gasteiger partial charge >= 0.3 is 5.97 Å². The zero-order chi connectivity index (χ0) is 24.1. The molecule has 0 bridgehead atoms. The van der Waals surface area contributed by atoms with Crippen molar-refractivity contribution in [2.45, 2.75) is 45.3 Å². The summed E-state index contributed by atoms with van der Waals surface area (Å²) in [5.41, 5.74) is 1.19. The Morgan fingerprint density at radius 1 is 1.09 bits per heavy atom. The number of hydrogen-bond acceptors (Lipinski definition) is 8. The van der Waals surface area contributed by atoms with E-state index in [1.54, 1.807) is 24.3 Å². The fourth-order valence-corrected chi connectivity index (χ4v) is 4.04. The summed E-state index contributed by atoms with van der Waals surface area (Å²) in [7, 11) is 0. The molecule has 1 saturated heterocycles. The number of benzene rings is 2. The molecule has 2 aliphatic heterocycles. The van der Waals surface area contributed by atoms with Crippen LogP contribution in [0.3, 0.4) is 0 Å². The van der Waals surface area contributed by atoms with Crippen LogP contribution in [0.25, 0.3) is 0 Å². The lowest BCUT2D eigenvalue weighted by molar-refractivity contribution is -0.384. The van der Waals surface area contributed by atoms with Crippen molar-refractivity contribution in [1.29, 1.82) is 0 Å². The van der Waals surface area contributed by atoms with Crippen molar-refractivity contribution < 1.29 is 28.7 Å². The molecule has 1 fully saturated rings. The lowest BCUT2D eigenvalue weighted by Gasteiger charge is -2.22. The second kappa shape index (κ2) is 10.4. The Morgan fingerprint density at radius 2 is 1.82 bits per heavy atom. The molecule has 2 aliphatic rings. The predicted molar refractivity (Wildman–Crippen MR) is 123 cm³/mol. The molecular formula is C24H27N3O7. The highest BCUT2D eigenvalue weighted by Crippen LogP contribution is 2.33. The van der Waals surface area contributed by atoms with Crippen LogP contribution in [0.4, 0.5) is 11.4 Å². The molecule has 1 unspecified atom stereocenters. The largest absolute Gasteiger partial charge is 0.454 e. The van der Waals surface area contributed by atoms with E-state index in [0.29, 0.717) is 17.2 Å². The maximum absolute atomic E-state index is 12.6. The van der Waals surface area contributed by atoms with Crippen molar-refractivity contribution in [3.8, 4) is 11.5 Å². The van der Waals surface area contributed by atoms with E-state index < -0.39 is 22.9 Å². The number of nitro groups is 1. The van der Waals surface area contributed by atoms with Gasteiger partial charge in [0.15, 0.2) is 17.6 Å². The first-order chi connectivity index (χ1) is 16.4. The van der Waals surface area contributed by atoms with Gasteiger partial charge in [-0.05, 0) is 49.6 Å². The van der Waals surface area contributed by atoms with Crippen molar-refractivity contribution in [2.24, 2.45) is 0 Å². The number of ether oxygens (including phenoxy) is 3. The first-order valence-electron chi connectivity index (χ1n) is 11.3. The number of carbonyl (C=O) groups excluding carboxylic acids is 2. The normalized spacial score (nSPS) is 15.9. The van der Waals surface area contributed by atoms with Gasteiger partial charge in [0.25, 0.3) is 11.6 Å². The minimum atomic E-state index is -1.08. The molecule has 2 heterocycles. The van der Waals surface area contributed by atoms with Gasteiger partial charge in [-0.3, -0.25) is 14.9 Å². The van der Waals surface area contributed by atoms with E-state index in [4.69, 9.17) is 14.2 Å². The number of carbonyl (C=O) groups is 2. The van der Waals surface area contributed by atoms with Crippen LogP contribution in [0.15, 0.2) is 36.4 Å². The lowest BCUT2D eigenvalue weighted by Crippen LogP contribution is -2.35. The maximum atomic E-state index is 12.6. The average molecular weight is 469 g/mol.